The number of hydrogen-bond acceptors (Lipinski definition) is 6. The van der Waals surface area contributed by atoms with Crippen molar-refractivity contribution in [3.63, 3.8) is 0 Å². The van der Waals surface area contributed by atoms with Crippen LogP contribution in [-0.2, 0) is 9.53 Å². The van der Waals surface area contributed by atoms with Gasteiger partial charge in [0.05, 0.1) is 12.5 Å². The SMILES string of the molecule is CCCCCCCCC(=O)C[C@]1(O)O[C@@H](C)[C@@H](O)[C@@H](O)[C@@H]1O. The van der Waals surface area contributed by atoms with Gasteiger partial charge in [-0.3, -0.25) is 4.79 Å². The van der Waals surface area contributed by atoms with Gasteiger partial charge in [0.2, 0.25) is 5.79 Å². The smallest absolute Gasteiger partial charge is 0.202 e. The average molecular weight is 318 g/mol. The van der Waals surface area contributed by atoms with Gasteiger partial charge < -0.3 is 25.2 Å². The normalized spacial score (nSPS) is 35.5. The zero-order chi connectivity index (χ0) is 16.8. The molecule has 4 N–H and O–H groups in total. The standard InChI is InChI=1S/C16H30O6/c1-3-4-5-6-7-8-9-12(17)10-16(21)15(20)14(19)13(18)11(2)22-16/h11,13-15,18-21H,3-10H2,1-2H3/t11-,13+,14+,15-,16-/m0/s1. The molecule has 1 saturated heterocycles. The molecule has 1 aliphatic rings. The van der Waals surface area contributed by atoms with Crippen LogP contribution in [0.15, 0.2) is 0 Å². The Hall–Kier alpha value is -0.530. The Morgan fingerprint density at radius 3 is 2.27 bits per heavy atom. The lowest BCUT2D eigenvalue weighted by molar-refractivity contribution is -0.341. The summed E-state index contributed by atoms with van der Waals surface area (Å²) in [5.74, 6) is -2.34. The third-order valence-electron chi connectivity index (χ3n) is 4.27. The number of carbonyl (C=O) groups excluding carboxylic acids is 1. The summed E-state index contributed by atoms with van der Waals surface area (Å²) in [5.41, 5.74) is 0. The summed E-state index contributed by atoms with van der Waals surface area (Å²) in [6.07, 6.45) is 0.899. The van der Waals surface area contributed by atoms with Crippen molar-refractivity contribution in [3.05, 3.63) is 0 Å². The van der Waals surface area contributed by atoms with Crippen molar-refractivity contribution in [1.29, 1.82) is 0 Å². The summed E-state index contributed by atoms with van der Waals surface area (Å²) in [7, 11) is 0. The highest BCUT2D eigenvalue weighted by molar-refractivity contribution is 5.79. The highest BCUT2D eigenvalue weighted by Gasteiger charge is 2.52. The van der Waals surface area contributed by atoms with E-state index in [9.17, 15) is 25.2 Å². The van der Waals surface area contributed by atoms with Crippen LogP contribution in [0, 0.1) is 0 Å². The molecule has 1 rings (SSSR count). The van der Waals surface area contributed by atoms with Gasteiger partial charge in [-0.15, -0.1) is 0 Å². The van der Waals surface area contributed by atoms with E-state index in [2.05, 4.69) is 6.92 Å². The molecule has 0 radical (unpaired) electrons. The van der Waals surface area contributed by atoms with Gasteiger partial charge in [0.15, 0.2) is 0 Å². The van der Waals surface area contributed by atoms with Crippen molar-refractivity contribution in [2.75, 3.05) is 0 Å². The predicted octanol–water partition coefficient (Wildman–Crippen LogP) is 0.886. The number of carbonyl (C=O) groups is 1. The number of rotatable bonds is 9. The van der Waals surface area contributed by atoms with Gasteiger partial charge in [-0.2, -0.15) is 0 Å². The number of aliphatic hydroxyl groups is 4. The van der Waals surface area contributed by atoms with E-state index in [0.717, 1.165) is 25.7 Å². The maximum absolute atomic E-state index is 12.0. The van der Waals surface area contributed by atoms with Crippen molar-refractivity contribution in [3.8, 4) is 0 Å². The average Bonchev–Trinajstić information content (AvgIpc) is 2.46. The van der Waals surface area contributed by atoms with Crippen LogP contribution in [0.3, 0.4) is 0 Å². The maximum Gasteiger partial charge on any atom is 0.202 e. The van der Waals surface area contributed by atoms with Gasteiger partial charge in [0, 0.05) is 6.42 Å². The zero-order valence-corrected chi connectivity index (χ0v) is 13.6. The lowest BCUT2D eigenvalue weighted by Gasteiger charge is -2.44. The molecule has 130 valence electrons. The van der Waals surface area contributed by atoms with E-state index in [4.69, 9.17) is 4.74 Å². The summed E-state index contributed by atoms with van der Waals surface area (Å²) in [6, 6.07) is 0. The summed E-state index contributed by atoms with van der Waals surface area (Å²) < 4.78 is 5.17. The van der Waals surface area contributed by atoms with Gasteiger partial charge >= 0.3 is 0 Å². The van der Waals surface area contributed by atoms with Crippen LogP contribution in [0.5, 0.6) is 0 Å². The van der Waals surface area contributed by atoms with Crippen molar-refractivity contribution in [2.24, 2.45) is 0 Å². The molecule has 1 fully saturated rings. The van der Waals surface area contributed by atoms with Crippen LogP contribution >= 0.6 is 0 Å². The molecular weight excluding hydrogens is 288 g/mol. The molecule has 5 atom stereocenters. The van der Waals surface area contributed by atoms with Gasteiger partial charge in [-0.1, -0.05) is 39.0 Å². The molecule has 0 unspecified atom stereocenters. The highest BCUT2D eigenvalue weighted by atomic mass is 16.7. The van der Waals surface area contributed by atoms with Crippen molar-refractivity contribution in [2.45, 2.75) is 95.4 Å². The molecule has 0 saturated carbocycles. The third kappa shape index (κ3) is 5.28. The summed E-state index contributed by atoms with van der Waals surface area (Å²) in [6.45, 7) is 3.62. The number of aliphatic hydroxyl groups excluding tert-OH is 3. The minimum absolute atomic E-state index is 0.215. The Bertz CT molecular complexity index is 348. The van der Waals surface area contributed by atoms with E-state index >= 15 is 0 Å². The Morgan fingerprint density at radius 2 is 1.64 bits per heavy atom. The second kappa shape index (κ2) is 8.93. The van der Waals surface area contributed by atoms with Gasteiger partial charge in [0.25, 0.3) is 0 Å². The van der Waals surface area contributed by atoms with Crippen molar-refractivity contribution < 1.29 is 30.0 Å². The molecule has 6 heteroatoms. The fraction of sp³-hybridized carbons (Fsp3) is 0.938. The molecule has 0 aliphatic carbocycles. The van der Waals surface area contributed by atoms with Crippen LogP contribution in [0.1, 0.15) is 65.2 Å². The van der Waals surface area contributed by atoms with E-state index in [1.165, 1.54) is 19.8 Å². The summed E-state index contributed by atoms with van der Waals surface area (Å²) >= 11 is 0. The lowest BCUT2D eigenvalue weighted by atomic mass is 9.89. The minimum Gasteiger partial charge on any atom is -0.388 e. The lowest BCUT2D eigenvalue weighted by Crippen LogP contribution is -2.64. The van der Waals surface area contributed by atoms with E-state index in [0.29, 0.717) is 6.42 Å². The molecule has 0 amide bonds. The monoisotopic (exact) mass is 318 g/mol. The van der Waals surface area contributed by atoms with E-state index < -0.39 is 30.2 Å². The number of unbranched alkanes of at least 4 members (excludes halogenated alkanes) is 5. The molecule has 6 nitrogen and oxygen atoms in total. The van der Waals surface area contributed by atoms with E-state index in [1.54, 1.807) is 0 Å². The molecule has 0 aromatic rings. The van der Waals surface area contributed by atoms with E-state index in [1.807, 2.05) is 0 Å². The molecule has 1 heterocycles. The number of ether oxygens (including phenoxy) is 1. The maximum atomic E-state index is 12.0. The molecule has 1 aliphatic heterocycles. The fourth-order valence-electron chi connectivity index (χ4n) is 2.81. The molecule has 0 bridgehead atoms. The predicted molar refractivity (Wildman–Crippen MR) is 81.1 cm³/mol. The Morgan fingerprint density at radius 1 is 1.05 bits per heavy atom. The van der Waals surface area contributed by atoms with Crippen LogP contribution in [0.2, 0.25) is 0 Å². The summed E-state index contributed by atoms with van der Waals surface area (Å²) in [5, 5.41) is 39.4. The van der Waals surface area contributed by atoms with Crippen LogP contribution in [0.4, 0.5) is 0 Å². The van der Waals surface area contributed by atoms with Crippen LogP contribution in [0.25, 0.3) is 0 Å². The topological polar surface area (TPSA) is 107 Å². The largest absolute Gasteiger partial charge is 0.388 e. The fourth-order valence-corrected chi connectivity index (χ4v) is 2.81. The zero-order valence-electron chi connectivity index (χ0n) is 13.6. The van der Waals surface area contributed by atoms with Crippen LogP contribution < -0.4 is 0 Å². The molecule has 0 aromatic carbocycles. The minimum atomic E-state index is -2.13. The second-order valence-corrected chi connectivity index (χ2v) is 6.33. The highest BCUT2D eigenvalue weighted by Crippen LogP contribution is 2.31. The molecule has 0 aromatic heterocycles. The summed E-state index contributed by atoms with van der Waals surface area (Å²) in [4.78, 5) is 12.0. The van der Waals surface area contributed by atoms with Gasteiger partial charge in [-0.25, -0.2) is 0 Å². The Labute approximate surface area is 132 Å². The molecular formula is C16H30O6. The number of ketones is 1. The number of Topliss-reactive ketones (excluding diaryl/α,β-unsaturated/α-hetero) is 1. The first kappa shape index (κ1) is 19.5. The molecule has 22 heavy (non-hydrogen) atoms. The van der Waals surface area contributed by atoms with Gasteiger partial charge in [-0.05, 0) is 13.3 Å². The first-order chi connectivity index (χ1) is 10.3. The third-order valence-corrected chi connectivity index (χ3v) is 4.27. The van der Waals surface area contributed by atoms with Crippen LogP contribution in [-0.4, -0.2) is 56.4 Å². The van der Waals surface area contributed by atoms with Crippen molar-refractivity contribution in [1.82, 2.24) is 0 Å². The first-order valence-corrected chi connectivity index (χ1v) is 8.28. The van der Waals surface area contributed by atoms with Gasteiger partial charge in [0.1, 0.15) is 24.1 Å². The van der Waals surface area contributed by atoms with E-state index in [-0.39, 0.29) is 12.2 Å². The second-order valence-electron chi connectivity index (χ2n) is 6.33. The first-order valence-electron chi connectivity index (χ1n) is 8.28. The molecule has 0 spiro atoms. The number of hydrogen-bond donors (Lipinski definition) is 4. The Kier molecular flexibility index (Phi) is 7.93. The Balaban J connectivity index is 2.39. The quantitative estimate of drug-likeness (QED) is 0.470. The van der Waals surface area contributed by atoms with Crippen molar-refractivity contribution >= 4 is 5.78 Å².